The fraction of sp³-hybridized carbons (Fsp3) is 0.214. The van der Waals surface area contributed by atoms with Crippen molar-refractivity contribution in [2.24, 2.45) is 0 Å². The monoisotopic (exact) mass is 440 g/mol. The average molecular weight is 441 g/mol. The molecule has 33 heavy (non-hydrogen) atoms. The lowest BCUT2D eigenvalue weighted by atomic mass is 10.0. The van der Waals surface area contributed by atoms with E-state index in [0.29, 0.717) is 35.7 Å². The second-order valence-corrected chi connectivity index (χ2v) is 8.22. The summed E-state index contributed by atoms with van der Waals surface area (Å²) in [6.07, 6.45) is 0.916. The van der Waals surface area contributed by atoms with E-state index < -0.39 is 0 Å². The van der Waals surface area contributed by atoms with Gasteiger partial charge in [-0.2, -0.15) is 0 Å². The minimum Gasteiger partial charge on any atom is -0.494 e. The van der Waals surface area contributed by atoms with Gasteiger partial charge < -0.3 is 9.64 Å². The Kier molecular flexibility index (Phi) is 6.59. The zero-order chi connectivity index (χ0) is 23.4. The molecule has 168 valence electrons. The molecule has 5 nitrogen and oxygen atoms in total. The highest BCUT2D eigenvalue weighted by Gasteiger charge is 2.41. The first kappa shape index (κ1) is 22.3. The molecular formula is C28H28N2O3. The van der Waals surface area contributed by atoms with Gasteiger partial charge in [-0.15, -0.1) is 0 Å². The van der Waals surface area contributed by atoms with Gasteiger partial charge in [0.2, 0.25) is 0 Å². The topological polar surface area (TPSA) is 49.9 Å². The number of carbonyl (C=O) groups excluding carboxylic acids is 2. The minimum absolute atomic E-state index is 0.314. The predicted octanol–water partition coefficient (Wildman–Crippen LogP) is 5.20. The highest BCUT2D eigenvalue weighted by atomic mass is 16.5. The number of carbonyl (C=O) groups is 2. The minimum atomic E-state index is -0.317. The van der Waals surface area contributed by atoms with E-state index in [1.54, 1.807) is 6.07 Å². The summed E-state index contributed by atoms with van der Waals surface area (Å²) in [4.78, 5) is 30.4. The summed E-state index contributed by atoms with van der Waals surface area (Å²) in [7, 11) is 1.85. The molecule has 0 aromatic heterocycles. The van der Waals surface area contributed by atoms with Crippen LogP contribution in [0.1, 0.15) is 30.0 Å². The van der Waals surface area contributed by atoms with Crippen LogP contribution in [0, 0.1) is 6.92 Å². The van der Waals surface area contributed by atoms with Crippen LogP contribution in [-0.4, -0.2) is 30.4 Å². The van der Waals surface area contributed by atoms with E-state index in [1.165, 1.54) is 4.90 Å². The molecule has 0 spiro atoms. The lowest BCUT2D eigenvalue weighted by molar-refractivity contribution is -0.120. The zero-order valence-electron chi connectivity index (χ0n) is 19.2. The molecule has 3 aromatic rings. The molecule has 0 saturated heterocycles. The maximum atomic E-state index is 13.6. The van der Waals surface area contributed by atoms with E-state index in [2.05, 4.69) is 6.92 Å². The lowest BCUT2D eigenvalue weighted by Crippen LogP contribution is -2.34. The summed E-state index contributed by atoms with van der Waals surface area (Å²) in [5.41, 5.74) is 4.12. The van der Waals surface area contributed by atoms with Crippen molar-refractivity contribution >= 4 is 23.1 Å². The van der Waals surface area contributed by atoms with Crippen molar-refractivity contribution in [2.75, 3.05) is 18.6 Å². The van der Waals surface area contributed by atoms with Gasteiger partial charge >= 0.3 is 0 Å². The molecule has 0 bridgehead atoms. The molecule has 1 aliphatic rings. The van der Waals surface area contributed by atoms with Crippen molar-refractivity contribution in [3.8, 4) is 5.75 Å². The van der Waals surface area contributed by atoms with Gasteiger partial charge in [0.25, 0.3) is 11.8 Å². The van der Waals surface area contributed by atoms with Crippen LogP contribution in [0.25, 0.3) is 5.57 Å². The van der Waals surface area contributed by atoms with Crippen molar-refractivity contribution in [3.05, 3.63) is 101 Å². The van der Waals surface area contributed by atoms with Crippen molar-refractivity contribution in [1.82, 2.24) is 4.90 Å². The number of amides is 2. The molecule has 0 N–H and O–H groups in total. The third-order valence-corrected chi connectivity index (χ3v) is 5.58. The van der Waals surface area contributed by atoms with E-state index in [9.17, 15) is 9.59 Å². The summed E-state index contributed by atoms with van der Waals surface area (Å²) >= 11 is 0. The van der Waals surface area contributed by atoms with Gasteiger partial charge in [0.1, 0.15) is 11.4 Å². The number of nitrogens with zero attached hydrogens (tertiary/aromatic N) is 2. The maximum absolute atomic E-state index is 13.6. The molecule has 0 fully saturated rings. The Labute approximate surface area is 194 Å². The van der Waals surface area contributed by atoms with Gasteiger partial charge in [-0.3, -0.25) is 9.59 Å². The molecule has 0 radical (unpaired) electrons. The van der Waals surface area contributed by atoms with Crippen LogP contribution in [-0.2, 0) is 16.1 Å². The summed E-state index contributed by atoms with van der Waals surface area (Å²) in [6.45, 7) is 5.14. The summed E-state index contributed by atoms with van der Waals surface area (Å²) in [5.74, 6) is 0.112. The fourth-order valence-electron chi connectivity index (χ4n) is 4.01. The molecule has 2 amide bonds. The number of hydrogen-bond acceptors (Lipinski definition) is 4. The number of rotatable bonds is 8. The molecule has 0 unspecified atom stereocenters. The Hall–Kier alpha value is -3.86. The Morgan fingerprint density at radius 1 is 0.879 bits per heavy atom. The van der Waals surface area contributed by atoms with Gasteiger partial charge in [-0.05, 0) is 54.3 Å². The number of imide groups is 1. The van der Waals surface area contributed by atoms with Crippen LogP contribution >= 0.6 is 0 Å². The molecule has 1 heterocycles. The van der Waals surface area contributed by atoms with Crippen LogP contribution in [0.3, 0.4) is 0 Å². The van der Waals surface area contributed by atoms with Crippen molar-refractivity contribution < 1.29 is 14.3 Å². The Balaban J connectivity index is 1.75. The average Bonchev–Trinajstić information content (AvgIpc) is 3.08. The van der Waals surface area contributed by atoms with Crippen molar-refractivity contribution in [1.29, 1.82) is 0 Å². The van der Waals surface area contributed by atoms with Gasteiger partial charge in [-0.1, -0.05) is 61.5 Å². The standard InChI is InChI=1S/C28H28N2O3/c1-4-17-33-24-15-13-22(14-16-24)25-26(29(3)19-21-10-6-5-7-11-21)28(32)30(27(25)31)23-12-8-9-20(2)18-23/h5-16,18H,4,17,19H2,1-3H3. The maximum Gasteiger partial charge on any atom is 0.282 e. The fourth-order valence-corrected chi connectivity index (χ4v) is 4.01. The SMILES string of the molecule is CCCOc1ccc(C2=C(N(C)Cc3ccccc3)C(=O)N(c3cccc(C)c3)C2=O)cc1. The second kappa shape index (κ2) is 9.74. The first-order valence-corrected chi connectivity index (χ1v) is 11.2. The molecule has 0 aliphatic carbocycles. The third kappa shape index (κ3) is 4.67. The normalized spacial score (nSPS) is 13.6. The van der Waals surface area contributed by atoms with Gasteiger partial charge in [0, 0.05) is 13.6 Å². The smallest absolute Gasteiger partial charge is 0.282 e. The van der Waals surface area contributed by atoms with E-state index >= 15 is 0 Å². The van der Waals surface area contributed by atoms with Crippen LogP contribution in [0.4, 0.5) is 5.69 Å². The molecule has 5 heteroatoms. The number of likely N-dealkylation sites (N-methyl/N-ethyl adjacent to an activating group) is 1. The lowest BCUT2D eigenvalue weighted by Gasteiger charge is -2.21. The Morgan fingerprint density at radius 3 is 2.27 bits per heavy atom. The van der Waals surface area contributed by atoms with E-state index in [-0.39, 0.29) is 11.8 Å². The van der Waals surface area contributed by atoms with Gasteiger partial charge in [-0.25, -0.2) is 4.90 Å². The first-order valence-electron chi connectivity index (χ1n) is 11.2. The third-order valence-electron chi connectivity index (χ3n) is 5.58. The Bertz CT molecular complexity index is 1180. The highest BCUT2D eigenvalue weighted by molar-refractivity contribution is 6.45. The van der Waals surface area contributed by atoms with Crippen LogP contribution in [0.2, 0.25) is 0 Å². The van der Waals surface area contributed by atoms with Crippen molar-refractivity contribution in [2.45, 2.75) is 26.8 Å². The molecule has 3 aromatic carbocycles. The van der Waals surface area contributed by atoms with Gasteiger partial charge in [0.05, 0.1) is 17.9 Å². The van der Waals surface area contributed by atoms with Crippen LogP contribution in [0.5, 0.6) is 5.75 Å². The number of anilines is 1. The van der Waals surface area contributed by atoms with Gasteiger partial charge in [0.15, 0.2) is 0 Å². The highest BCUT2D eigenvalue weighted by Crippen LogP contribution is 2.35. The Morgan fingerprint density at radius 2 is 1.61 bits per heavy atom. The predicted molar refractivity (Wildman–Crippen MR) is 131 cm³/mol. The summed E-state index contributed by atoms with van der Waals surface area (Å²) < 4.78 is 5.69. The van der Waals surface area contributed by atoms with E-state index in [4.69, 9.17) is 4.74 Å². The quantitative estimate of drug-likeness (QED) is 0.452. The number of ether oxygens (including phenoxy) is 1. The number of aryl methyl sites for hydroxylation is 1. The van der Waals surface area contributed by atoms with Crippen LogP contribution < -0.4 is 9.64 Å². The molecule has 0 saturated carbocycles. The summed E-state index contributed by atoms with van der Waals surface area (Å²) in [5, 5.41) is 0. The second-order valence-electron chi connectivity index (χ2n) is 8.22. The van der Waals surface area contributed by atoms with E-state index in [0.717, 1.165) is 23.3 Å². The van der Waals surface area contributed by atoms with E-state index in [1.807, 2.05) is 91.7 Å². The van der Waals surface area contributed by atoms with Crippen LogP contribution in [0.15, 0.2) is 84.6 Å². The molecule has 4 rings (SSSR count). The largest absolute Gasteiger partial charge is 0.494 e. The molecule has 0 atom stereocenters. The first-order chi connectivity index (χ1) is 16.0. The molecular weight excluding hydrogens is 412 g/mol. The van der Waals surface area contributed by atoms with Crippen molar-refractivity contribution in [3.63, 3.8) is 0 Å². The number of hydrogen-bond donors (Lipinski definition) is 0. The molecule has 1 aliphatic heterocycles. The number of benzene rings is 3. The zero-order valence-corrected chi connectivity index (χ0v) is 19.2. The summed E-state index contributed by atoms with van der Waals surface area (Å²) in [6, 6.07) is 24.8.